The Bertz CT molecular complexity index is 1120. The lowest BCUT2D eigenvalue weighted by Gasteiger charge is -2.07. The number of carbonyl (C=O) groups is 1. The molecule has 0 unspecified atom stereocenters. The lowest BCUT2D eigenvalue weighted by molar-refractivity contribution is 0.0696. The number of hydrogen-bond donors (Lipinski definition) is 1. The number of pyridine rings is 2. The lowest BCUT2D eigenvalue weighted by Crippen LogP contribution is -2.02. The van der Waals surface area contributed by atoms with Gasteiger partial charge in [-0.05, 0) is 24.3 Å². The minimum atomic E-state index is -1.02. The maximum Gasteiger partial charge on any atom is 0.337 e. The monoisotopic (exact) mass is 381 g/mol. The molecule has 0 amide bonds. The second-order valence-corrected chi connectivity index (χ2v) is 5.86. The molecular weight excluding hydrogens is 366 g/mol. The first-order valence-corrected chi connectivity index (χ1v) is 8.25. The van der Waals surface area contributed by atoms with E-state index in [0.717, 1.165) is 0 Å². The maximum absolute atomic E-state index is 10.9. The Kier molecular flexibility index (Phi) is 4.68. The topological polar surface area (TPSA) is 125 Å². The van der Waals surface area contributed by atoms with Crippen LogP contribution in [0.5, 0.6) is 5.75 Å². The van der Waals surface area contributed by atoms with E-state index in [-0.39, 0.29) is 12.2 Å². The molecule has 0 atom stereocenters. The van der Waals surface area contributed by atoms with Gasteiger partial charge in [0, 0.05) is 19.4 Å². The molecule has 0 aliphatic rings. The molecule has 10 nitrogen and oxygen atoms in total. The van der Waals surface area contributed by atoms with Gasteiger partial charge in [-0.25, -0.2) is 4.79 Å². The summed E-state index contributed by atoms with van der Waals surface area (Å²) in [5.74, 6) is 0.637. The molecule has 0 aromatic carbocycles. The van der Waals surface area contributed by atoms with Gasteiger partial charge in [-0.3, -0.25) is 9.38 Å². The number of ether oxygens (including phenoxy) is 2. The Labute approximate surface area is 158 Å². The third-order valence-electron chi connectivity index (χ3n) is 3.91. The fourth-order valence-electron chi connectivity index (χ4n) is 2.55. The van der Waals surface area contributed by atoms with Gasteiger partial charge in [0.15, 0.2) is 22.9 Å². The molecular formula is C18H15N5O5. The predicted molar refractivity (Wildman–Crippen MR) is 94.7 cm³/mol. The zero-order chi connectivity index (χ0) is 19.5. The van der Waals surface area contributed by atoms with E-state index in [0.29, 0.717) is 41.0 Å². The minimum absolute atomic E-state index is 0.125. The molecule has 0 fully saturated rings. The highest BCUT2D eigenvalue weighted by atomic mass is 16.5. The van der Waals surface area contributed by atoms with Gasteiger partial charge in [0.2, 0.25) is 0 Å². The van der Waals surface area contributed by atoms with E-state index in [1.807, 2.05) is 0 Å². The van der Waals surface area contributed by atoms with Crippen LogP contribution in [0.25, 0.3) is 17.2 Å². The first-order chi connectivity index (χ1) is 13.6. The third-order valence-corrected chi connectivity index (χ3v) is 3.91. The van der Waals surface area contributed by atoms with Crippen LogP contribution in [0.2, 0.25) is 0 Å². The molecule has 4 aromatic rings. The van der Waals surface area contributed by atoms with Crippen molar-refractivity contribution < 1.29 is 23.9 Å². The largest absolute Gasteiger partial charge is 0.486 e. The molecule has 4 heterocycles. The van der Waals surface area contributed by atoms with Gasteiger partial charge in [-0.2, -0.15) is 0 Å². The predicted octanol–water partition coefficient (Wildman–Crippen LogP) is 2.20. The van der Waals surface area contributed by atoms with Gasteiger partial charge in [0.05, 0.1) is 17.5 Å². The van der Waals surface area contributed by atoms with Crippen molar-refractivity contribution in [3.63, 3.8) is 0 Å². The number of hydrogen-bond acceptors (Lipinski definition) is 8. The van der Waals surface area contributed by atoms with Crippen LogP contribution >= 0.6 is 0 Å². The van der Waals surface area contributed by atoms with Crippen LogP contribution in [0.4, 0.5) is 0 Å². The Morgan fingerprint density at radius 2 is 2.11 bits per heavy atom. The summed E-state index contributed by atoms with van der Waals surface area (Å²) in [6.07, 6.45) is 3.03. The average molecular weight is 381 g/mol. The Morgan fingerprint density at radius 3 is 2.86 bits per heavy atom. The van der Waals surface area contributed by atoms with E-state index in [4.69, 9.17) is 19.1 Å². The lowest BCUT2D eigenvalue weighted by atomic mass is 10.2. The number of nitrogens with zero attached hydrogens (tertiary/aromatic N) is 5. The summed E-state index contributed by atoms with van der Waals surface area (Å²) < 4.78 is 17.7. The Hall–Kier alpha value is -3.79. The zero-order valence-electron chi connectivity index (χ0n) is 14.8. The van der Waals surface area contributed by atoms with Crippen molar-refractivity contribution in [3.05, 3.63) is 59.7 Å². The second-order valence-electron chi connectivity index (χ2n) is 5.86. The van der Waals surface area contributed by atoms with Crippen LogP contribution in [-0.4, -0.2) is 42.9 Å². The molecule has 10 heteroatoms. The van der Waals surface area contributed by atoms with Crippen LogP contribution in [-0.2, 0) is 18.0 Å². The smallest absolute Gasteiger partial charge is 0.337 e. The molecule has 4 rings (SSSR count). The van der Waals surface area contributed by atoms with Gasteiger partial charge >= 0.3 is 5.97 Å². The number of rotatable bonds is 7. The molecule has 0 spiro atoms. The molecule has 142 valence electrons. The highest BCUT2D eigenvalue weighted by molar-refractivity contribution is 5.87. The van der Waals surface area contributed by atoms with E-state index in [2.05, 4.69) is 20.3 Å². The standard InChI is InChI=1S/C18H15N5O5/c1-26-10-14-6-15(22-28-14)17-21-20-16-5-4-13(8-23(16)17)27-9-12-3-2-11(7-19-12)18(24)25/h2-8H,9-10H2,1H3,(H,24,25). The second kappa shape index (κ2) is 7.45. The first-order valence-electron chi connectivity index (χ1n) is 8.25. The molecule has 1 N–H and O–H groups in total. The molecule has 28 heavy (non-hydrogen) atoms. The van der Waals surface area contributed by atoms with Gasteiger partial charge < -0.3 is 19.1 Å². The summed E-state index contributed by atoms with van der Waals surface area (Å²) in [4.78, 5) is 15.0. The van der Waals surface area contributed by atoms with E-state index >= 15 is 0 Å². The van der Waals surface area contributed by atoms with Crippen LogP contribution in [0.1, 0.15) is 21.8 Å². The van der Waals surface area contributed by atoms with Crippen molar-refractivity contribution >= 4 is 11.6 Å². The molecule has 0 radical (unpaired) electrons. The van der Waals surface area contributed by atoms with Crippen LogP contribution in [0, 0.1) is 0 Å². The quantitative estimate of drug-likeness (QED) is 0.513. The van der Waals surface area contributed by atoms with Crippen molar-refractivity contribution in [2.24, 2.45) is 0 Å². The SMILES string of the molecule is COCc1cc(-c2nnc3ccc(OCc4ccc(C(=O)O)cn4)cn23)no1. The number of methoxy groups -OCH3 is 1. The fourth-order valence-corrected chi connectivity index (χ4v) is 2.55. The van der Waals surface area contributed by atoms with Crippen LogP contribution in [0.15, 0.2) is 47.2 Å². The van der Waals surface area contributed by atoms with Crippen molar-refractivity contribution in [1.29, 1.82) is 0 Å². The highest BCUT2D eigenvalue weighted by Crippen LogP contribution is 2.22. The van der Waals surface area contributed by atoms with Gasteiger partial charge in [0.25, 0.3) is 0 Å². The number of fused-ring (bicyclic) bond motifs is 1. The van der Waals surface area contributed by atoms with Crippen LogP contribution in [0.3, 0.4) is 0 Å². The number of carboxylic acid groups (broad SMARTS) is 1. The van der Waals surface area contributed by atoms with Crippen molar-refractivity contribution in [2.75, 3.05) is 7.11 Å². The zero-order valence-corrected chi connectivity index (χ0v) is 14.8. The summed E-state index contributed by atoms with van der Waals surface area (Å²) in [6, 6.07) is 8.36. The normalized spacial score (nSPS) is 11.0. The fraction of sp³-hybridized carbons (Fsp3) is 0.167. The third kappa shape index (κ3) is 3.53. The number of aromatic carboxylic acids is 1. The Morgan fingerprint density at radius 1 is 1.21 bits per heavy atom. The van der Waals surface area contributed by atoms with Crippen molar-refractivity contribution in [1.82, 2.24) is 24.7 Å². The summed E-state index contributed by atoms with van der Waals surface area (Å²) in [5, 5.41) is 21.2. The van der Waals surface area contributed by atoms with Crippen molar-refractivity contribution in [3.8, 4) is 17.3 Å². The molecule has 0 bridgehead atoms. The number of aromatic nitrogens is 5. The molecule has 0 saturated carbocycles. The Balaban J connectivity index is 1.54. The average Bonchev–Trinajstić information content (AvgIpc) is 3.33. The van der Waals surface area contributed by atoms with Gasteiger partial charge in [0.1, 0.15) is 19.0 Å². The van der Waals surface area contributed by atoms with E-state index in [9.17, 15) is 4.79 Å². The summed E-state index contributed by atoms with van der Waals surface area (Å²) >= 11 is 0. The minimum Gasteiger partial charge on any atom is -0.486 e. The van der Waals surface area contributed by atoms with E-state index in [1.165, 1.54) is 12.3 Å². The maximum atomic E-state index is 10.9. The molecule has 0 aliphatic carbocycles. The van der Waals surface area contributed by atoms with Gasteiger partial charge in [-0.15, -0.1) is 10.2 Å². The molecule has 0 saturated heterocycles. The first kappa shape index (κ1) is 17.6. The summed E-state index contributed by atoms with van der Waals surface area (Å²) in [6.45, 7) is 0.497. The van der Waals surface area contributed by atoms with Gasteiger partial charge in [-0.1, -0.05) is 5.16 Å². The van der Waals surface area contributed by atoms with Crippen molar-refractivity contribution in [2.45, 2.75) is 13.2 Å². The van der Waals surface area contributed by atoms with E-state index < -0.39 is 5.97 Å². The summed E-state index contributed by atoms with van der Waals surface area (Å²) in [5.41, 5.74) is 1.89. The highest BCUT2D eigenvalue weighted by Gasteiger charge is 2.14. The van der Waals surface area contributed by atoms with E-state index in [1.54, 1.807) is 42.0 Å². The molecule has 0 aliphatic heterocycles. The number of carboxylic acids is 1. The van der Waals surface area contributed by atoms with Crippen LogP contribution < -0.4 is 4.74 Å². The molecule has 4 aromatic heterocycles. The summed E-state index contributed by atoms with van der Waals surface area (Å²) in [7, 11) is 1.57.